The molecule has 0 spiro atoms. The van der Waals surface area contributed by atoms with Gasteiger partial charge in [0.1, 0.15) is 5.69 Å². The highest BCUT2D eigenvalue weighted by molar-refractivity contribution is 6.01. The van der Waals surface area contributed by atoms with Crippen LogP contribution in [-0.4, -0.2) is 30.0 Å². The van der Waals surface area contributed by atoms with E-state index < -0.39 is 4.92 Å². The SMILES string of the molecule is CC1CNCCC1NC(=O)c1cccc([N+](=O)[O-])c1N. The van der Waals surface area contributed by atoms with Gasteiger partial charge >= 0.3 is 0 Å². The fourth-order valence-corrected chi connectivity index (χ4v) is 2.38. The predicted octanol–water partition coefficient (Wildman–Crippen LogP) is 0.905. The van der Waals surface area contributed by atoms with Crippen molar-refractivity contribution >= 4 is 17.3 Å². The lowest BCUT2D eigenvalue weighted by atomic mass is 9.95. The number of benzene rings is 1. The van der Waals surface area contributed by atoms with Gasteiger partial charge in [-0.25, -0.2) is 0 Å². The first kappa shape index (κ1) is 14.3. The minimum absolute atomic E-state index is 0.0578. The Morgan fingerprint density at radius 3 is 2.95 bits per heavy atom. The maximum absolute atomic E-state index is 12.2. The molecule has 1 aromatic rings. The average Bonchev–Trinajstić information content (AvgIpc) is 2.41. The van der Waals surface area contributed by atoms with Gasteiger partial charge in [-0.15, -0.1) is 0 Å². The molecule has 0 aliphatic carbocycles. The van der Waals surface area contributed by atoms with Gasteiger partial charge in [-0.1, -0.05) is 13.0 Å². The first-order valence-electron chi connectivity index (χ1n) is 6.55. The molecular formula is C13H18N4O3. The summed E-state index contributed by atoms with van der Waals surface area (Å²) in [4.78, 5) is 22.5. The molecule has 4 N–H and O–H groups in total. The largest absolute Gasteiger partial charge is 0.393 e. The fourth-order valence-electron chi connectivity index (χ4n) is 2.38. The molecule has 1 aliphatic rings. The Kier molecular flexibility index (Phi) is 4.19. The maximum Gasteiger partial charge on any atom is 0.292 e. The number of nitro benzene ring substituents is 1. The van der Waals surface area contributed by atoms with Crippen LogP contribution < -0.4 is 16.4 Å². The van der Waals surface area contributed by atoms with E-state index in [0.717, 1.165) is 19.5 Å². The lowest BCUT2D eigenvalue weighted by Crippen LogP contribution is -2.48. The molecule has 1 aromatic carbocycles. The van der Waals surface area contributed by atoms with Crippen LogP contribution in [0.15, 0.2) is 18.2 Å². The molecule has 1 heterocycles. The van der Waals surface area contributed by atoms with Crippen LogP contribution in [0.4, 0.5) is 11.4 Å². The topological polar surface area (TPSA) is 110 Å². The first-order valence-corrected chi connectivity index (χ1v) is 6.55. The number of nitrogens with two attached hydrogens (primary N) is 1. The molecule has 1 saturated heterocycles. The zero-order valence-electron chi connectivity index (χ0n) is 11.3. The second-order valence-corrected chi connectivity index (χ2v) is 5.05. The molecule has 2 unspecified atom stereocenters. The summed E-state index contributed by atoms with van der Waals surface area (Å²) in [6, 6.07) is 4.32. The Morgan fingerprint density at radius 1 is 1.55 bits per heavy atom. The van der Waals surface area contributed by atoms with Crippen molar-refractivity contribution in [2.24, 2.45) is 5.92 Å². The minimum atomic E-state index is -0.584. The van der Waals surface area contributed by atoms with Crippen LogP contribution in [0.2, 0.25) is 0 Å². The van der Waals surface area contributed by atoms with E-state index in [0.29, 0.717) is 5.92 Å². The van der Waals surface area contributed by atoms with Gasteiger partial charge in [0, 0.05) is 12.1 Å². The van der Waals surface area contributed by atoms with Crippen LogP contribution in [0.1, 0.15) is 23.7 Å². The quantitative estimate of drug-likeness (QED) is 0.432. The van der Waals surface area contributed by atoms with E-state index in [9.17, 15) is 14.9 Å². The Morgan fingerprint density at radius 2 is 2.30 bits per heavy atom. The number of carbonyl (C=O) groups excluding carboxylic acids is 1. The van der Waals surface area contributed by atoms with E-state index >= 15 is 0 Å². The lowest BCUT2D eigenvalue weighted by molar-refractivity contribution is -0.383. The lowest BCUT2D eigenvalue weighted by Gasteiger charge is -2.30. The highest BCUT2D eigenvalue weighted by Crippen LogP contribution is 2.25. The number of nitrogens with zero attached hydrogens (tertiary/aromatic N) is 1. The standard InChI is InChI=1S/C13H18N4O3/c1-8-7-15-6-5-10(8)16-13(18)9-3-2-4-11(12(9)14)17(19)20/h2-4,8,10,15H,5-7,14H2,1H3,(H,16,18). The summed E-state index contributed by atoms with van der Waals surface area (Å²) in [6.45, 7) is 3.74. The molecule has 7 heteroatoms. The van der Waals surface area contributed by atoms with Crippen LogP contribution >= 0.6 is 0 Å². The molecule has 2 atom stereocenters. The number of amides is 1. The van der Waals surface area contributed by atoms with E-state index in [-0.39, 0.29) is 28.9 Å². The molecule has 0 aromatic heterocycles. The van der Waals surface area contributed by atoms with Gasteiger partial charge in [0.25, 0.3) is 11.6 Å². The van der Waals surface area contributed by atoms with E-state index in [1.807, 2.05) is 6.92 Å². The van der Waals surface area contributed by atoms with Gasteiger partial charge in [-0.2, -0.15) is 0 Å². The number of nitrogen functional groups attached to an aromatic ring is 1. The van der Waals surface area contributed by atoms with Gasteiger partial charge in [0.2, 0.25) is 0 Å². The summed E-state index contributed by atoms with van der Waals surface area (Å²) >= 11 is 0. The molecule has 108 valence electrons. The van der Waals surface area contributed by atoms with Crippen LogP contribution in [-0.2, 0) is 0 Å². The number of hydrogen-bond donors (Lipinski definition) is 3. The number of piperidine rings is 1. The minimum Gasteiger partial charge on any atom is -0.393 e. The highest BCUT2D eigenvalue weighted by atomic mass is 16.6. The summed E-state index contributed by atoms with van der Waals surface area (Å²) < 4.78 is 0. The van der Waals surface area contributed by atoms with Crippen LogP contribution in [0, 0.1) is 16.0 Å². The summed E-state index contributed by atoms with van der Waals surface area (Å²) in [7, 11) is 0. The second kappa shape index (κ2) is 5.87. The zero-order chi connectivity index (χ0) is 14.7. The smallest absolute Gasteiger partial charge is 0.292 e. The Labute approximate surface area is 116 Å². The number of anilines is 1. The van der Waals surface area contributed by atoms with Crippen molar-refractivity contribution in [3.8, 4) is 0 Å². The van der Waals surface area contributed by atoms with E-state index in [4.69, 9.17) is 5.73 Å². The molecule has 0 bridgehead atoms. The van der Waals surface area contributed by atoms with Crippen molar-refractivity contribution in [3.63, 3.8) is 0 Å². The second-order valence-electron chi connectivity index (χ2n) is 5.05. The number of hydrogen-bond acceptors (Lipinski definition) is 5. The fraction of sp³-hybridized carbons (Fsp3) is 0.462. The van der Waals surface area contributed by atoms with Crippen LogP contribution in [0.3, 0.4) is 0 Å². The van der Waals surface area contributed by atoms with Crippen molar-refractivity contribution in [3.05, 3.63) is 33.9 Å². The molecule has 20 heavy (non-hydrogen) atoms. The average molecular weight is 278 g/mol. The van der Waals surface area contributed by atoms with Crippen molar-refractivity contribution in [2.75, 3.05) is 18.8 Å². The molecule has 1 amide bonds. The third-order valence-corrected chi connectivity index (χ3v) is 3.63. The van der Waals surface area contributed by atoms with Crippen LogP contribution in [0.5, 0.6) is 0 Å². The van der Waals surface area contributed by atoms with Crippen molar-refractivity contribution in [2.45, 2.75) is 19.4 Å². The maximum atomic E-state index is 12.2. The van der Waals surface area contributed by atoms with Crippen molar-refractivity contribution < 1.29 is 9.72 Å². The normalized spacial score (nSPS) is 22.2. The van der Waals surface area contributed by atoms with Crippen LogP contribution in [0.25, 0.3) is 0 Å². The monoisotopic (exact) mass is 278 g/mol. The predicted molar refractivity (Wildman–Crippen MR) is 75.4 cm³/mol. The molecule has 1 aliphatic heterocycles. The Bertz CT molecular complexity index is 532. The first-order chi connectivity index (χ1) is 9.50. The Balaban J connectivity index is 2.17. The molecule has 2 rings (SSSR count). The third kappa shape index (κ3) is 2.88. The van der Waals surface area contributed by atoms with Crippen molar-refractivity contribution in [1.29, 1.82) is 0 Å². The number of nitrogens with one attached hydrogen (secondary N) is 2. The molecule has 1 fully saturated rings. The van der Waals surface area contributed by atoms with Crippen molar-refractivity contribution in [1.82, 2.24) is 10.6 Å². The van der Waals surface area contributed by atoms with E-state index in [2.05, 4.69) is 10.6 Å². The van der Waals surface area contributed by atoms with Gasteiger partial charge < -0.3 is 16.4 Å². The number of rotatable bonds is 3. The Hall–Kier alpha value is -2.15. The summed E-state index contributed by atoms with van der Waals surface area (Å²) in [5.74, 6) is -0.0439. The molecular weight excluding hydrogens is 260 g/mol. The highest BCUT2D eigenvalue weighted by Gasteiger charge is 2.25. The summed E-state index contributed by atoms with van der Waals surface area (Å²) in [5, 5.41) is 17.0. The van der Waals surface area contributed by atoms with E-state index in [1.165, 1.54) is 18.2 Å². The van der Waals surface area contributed by atoms with Gasteiger partial charge in [0.05, 0.1) is 10.5 Å². The molecule has 0 saturated carbocycles. The number of carbonyl (C=O) groups is 1. The zero-order valence-corrected chi connectivity index (χ0v) is 11.3. The summed E-state index contributed by atoms with van der Waals surface area (Å²) in [6.07, 6.45) is 0.835. The third-order valence-electron chi connectivity index (χ3n) is 3.63. The summed E-state index contributed by atoms with van der Waals surface area (Å²) in [5.41, 5.74) is 5.54. The van der Waals surface area contributed by atoms with Gasteiger partial charge in [0.15, 0.2) is 0 Å². The van der Waals surface area contributed by atoms with E-state index in [1.54, 1.807) is 0 Å². The van der Waals surface area contributed by atoms with Gasteiger partial charge in [-0.05, 0) is 31.5 Å². The molecule has 7 nitrogen and oxygen atoms in total. The number of para-hydroxylation sites is 1. The van der Waals surface area contributed by atoms with Gasteiger partial charge in [-0.3, -0.25) is 14.9 Å². The number of nitro groups is 1. The molecule has 0 radical (unpaired) electrons.